The van der Waals surface area contributed by atoms with Gasteiger partial charge >= 0.3 is 0 Å². The van der Waals surface area contributed by atoms with Gasteiger partial charge in [-0.15, -0.1) is 0 Å². The van der Waals surface area contributed by atoms with Gasteiger partial charge in [-0.25, -0.2) is 0 Å². The van der Waals surface area contributed by atoms with Crippen LogP contribution in [0.2, 0.25) is 0 Å². The van der Waals surface area contributed by atoms with Crippen LogP contribution in [0, 0.1) is 0 Å². The van der Waals surface area contributed by atoms with Crippen molar-refractivity contribution in [2.45, 2.75) is 18.6 Å². The number of carbonyl (C=O) groups is 1. The summed E-state index contributed by atoms with van der Waals surface area (Å²) in [4.78, 5) is 14.5. The minimum Gasteiger partial charge on any atom is -0.392 e. The molecule has 1 aromatic heterocycles. The van der Waals surface area contributed by atoms with Gasteiger partial charge in [0.25, 0.3) is 11.7 Å². The Morgan fingerprint density at radius 1 is 1.71 bits per heavy atom. The molecule has 2 rings (SSSR count). The van der Waals surface area contributed by atoms with Crippen molar-refractivity contribution >= 4 is 5.91 Å². The molecule has 2 atom stereocenters. The van der Waals surface area contributed by atoms with E-state index in [0.29, 0.717) is 13.0 Å². The van der Waals surface area contributed by atoms with Crippen LogP contribution in [-0.4, -0.2) is 33.8 Å². The predicted octanol–water partition coefficient (Wildman–Crippen LogP) is -1.44. The van der Waals surface area contributed by atoms with Crippen LogP contribution in [0.3, 0.4) is 0 Å². The zero-order chi connectivity index (χ0) is 10.1. The fourth-order valence-electron chi connectivity index (χ4n) is 1.38. The Morgan fingerprint density at radius 2 is 2.50 bits per heavy atom. The second-order valence-corrected chi connectivity index (χ2v) is 3.17. The van der Waals surface area contributed by atoms with Crippen LogP contribution in [0.25, 0.3) is 0 Å². The topological polar surface area (TPSA) is 114 Å². The number of β-amino-alcohol motifs (C(OH)–C–C–N with tert-alkyl or cyclic N) is 1. The molecule has 14 heavy (non-hydrogen) atoms. The minimum absolute atomic E-state index is 0.136. The second kappa shape index (κ2) is 3.35. The molecule has 76 valence electrons. The van der Waals surface area contributed by atoms with Gasteiger partial charge in [0.2, 0.25) is 5.89 Å². The monoisotopic (exact) mass is 198 g/mol. The zero-order valence-corrected chi connectivity index (χ0v) is 7.30. The molecule has 1 saturated heterocycles. The van der Waals surface area contributed by atoms with E-state index in [2.05, 4.69) is 15.5 Å². The number of primary amides is 1. The number of nitrogens with one attached hydrogen (secondary N) is 1. The molecule has 1 aromatic rings. The maximum Gasteiger partial charge on any atom is 0.290 e. The van der Waals surface area contributed by atoms with Gasteiger partial charge in [0.15, 0.2) is 0 Å². The molecule has 0 spiro atoms. The molecule has 1 amide bonds. The molecule has 0 aliphatic carbocycles. The molecule has 0 radical (unpaired) electrons. The molecular formula is C7H10N4O3. The maximum atomic E-state index is 10.7. The fraction of sp³-hybridized carbons (Fsp3) is 0.571. The van der Waals surface area contributed by atoms with Gasteiger partial charge in [-0.1, -0.05) is 5.16 Å². The first kappa shape index (κ1) is 9.10. The largest absolute Gasteiger partial charge is 0.392 e. The highest BCUT2D eigenvalue weighted by Crippen LogP contribution is 2.21. The summed E-state index contributed by atoms with van der Waals surface area (Å²) in [7, 11) is 0. The highest BCUT2D eigenvalue weighted by molar-refractivity contribution is 5.88. The van der Waals surface area contributed by atoms with Crippen LogP contribution in [0.1, 0.15) is 29.0 Å². The maximum absolute atomic E-state index is 10.7. The highest BCUT2D eigenvalue weighted by Gasteiger charge is 2.28. The first-order valence-electron chi connectivity index (χ1n) is 4.21. The number of aromatic nitrogens is 2. The van der Waals surface area contributed by atoms with E-state index < -0.39 is 12.0 Å². The third kappa shape index (κ3) is 1.59. The molecule has 0 aromatic carbocycles. The number of rotatable bonds is 2. The third-order valence-electron chi connectivity index (χ3n) is 2.07. The van der Waals surface area contributed by atoms with Gasteiger partial charge in [0.05, 0.1) is 12.1 Å². The number of aliphatic hydroxyl groups is 1. The lowest BCUT2D eigenvalue weighted by atomic mass is 10.2. The van der Waals surface area contributed by atoms with Crippen molar-refractivity contribution < 1.29 is 14.4 Å². The van der Waals surface area contributed by atoms with Crippen molar-refractivity contribution in [1.29, 1.82) is 0 Å². The summed E-state index contributed by atoms with van der Waals surface area (Å²) in [5, 5.41) is 15.6. The summed E-state index contributed by atoms with van der Waals surface area (Å²) in [5.74, 6) is -0.572. The number of amides is 1. The quantitative estimate of drug-likeness (QED) is 0.536. The summed E-state index contributed by atoms with van der Waals surface area (Å²) in [6, 6.07) is -0.189. The Bertz CT molecular complexity index is 350. The number of carbonyl (C=O) groups excluding carboxylic acids is 1. The van der Waals surface area contributed by atoms with Crippen molar-refractivity contribution in [2.24, 2.45) is 5.73 Å². The minimum atomic E-state index is -0.724. The Labute approximate surface area is 79.3 Å². The van der Waals surface area contributed by atoms with E-state index in [1.807, 2.05) is 0 Å². The Morgan fingerprint density at radius 3 is 3.00 bits per heavy atom. The summed E-state index contributed by atoms with van der Waals surface area (Å²) < 4.78 is 4.82. The summed E-state index contributed by atoms with van der Waals surface area (Å²) in [5.41, 5.74) is 4.96. The lowest BCUT2D eigenvalue weighted by Crippen LogP contribution is -2.16. The van der Waals surface area contributed by atoms with Crippen molar-refractivity contribution in [3.63, 3.8) is 0 Å². The molecule has 7 heteroatoms. The van der Waals surface area contributed by atoms with E-state index in [1.165, 1.54) is 0 Å². The lowest BCUT2D eigenvalue weighted by Gasteiger charge is -2.01. The summed E-state index contributed by atoms with van der Waals surface area (Å²) >= 11 is 0. The fourth-order valence-corrected chi connectivity index (χ4v) is 1.38. The number of hydrogen-bond acceptors (Lipinski definition) is 6. The number of nitrogens with two attached hydrogens (primary N) is 1. The normalized spacial score (nSPS) is 26.6. The van der Waals surface area contributed by atoms with Crippen molar-refractivity contribution in [3.05, 3.63) is 11.7 Å². The van der Waals surface area contributed by atoms with Gasteiger partial charge in [-0.3, -0.25) is 4.79 Å². The standard InChI is InChI=1S/C7H10N4O3/c8-5(13)6-10-7(14-11-6)4-1-3(12)2-9-4/h3-4,9,12H,1-2H2,(H2,8,13)/t3-,4+/m0/s1. The Hall–Kier alpha value is -1.47. The Kier molecular flexibility index (Phi) is 2.18. The van der Waals surface area contributed by atoms with Crippen LogP contribution in [0.5, 0.6) is 0 Å². The van der Waals surface area contributed by atoms with Crippen LogP contribution in [-0.2, 0) is 0 Å². The first-order chi connectivity index (χ1) is 6.66. The van der Waals surface area contributed by atoms with Gasteiger partial charge in [-0.2, -0.15) is 4.98 Å². The molecule has 0 bridgehead atoms. The van der Waals surface area contributed by atoms with Crippen molar-refractivity contribution in [3.8, 4) is 0 Å². The van der Waals surface area contributed by atoms with Crippen LogP contribution >= 0.6 is 0 Å². The average molecular weight is 198 g/mol. The summed E-state index contributed by atoms with van der Waals surface area (Å²) in [6.07, 6.45) is 0.0874. The predicted molar refractivity (Wildman–Crippen MR) is 44.2 cm³/mol. The smallest absolute Gasteiger partial charge is 0.290 e. The van der Waals surface area contributed by atoms with E-state index in [1.54, 1.807) is 0 Å². The number of aliphatic hydroxyl groups excluding tert-OH is 1. The zero-order valence-electron chi connectivity index (χ0n) is 7.30. The number of nitrogens with zero attached hydrogens (tertiary/aromatic N) is 2. The molecule has 2 heterocycles. The molecule has 0 saturated carbocycles. The second-order valence-electron chi connectivity index (χ2n) is 3.17. The highest BCUT2D eigenvalue weighted by atomic mass is 16.5. The average Bonchev–Trinajstić information content (AvgIpc) is 2.70. The van der Waals surface area contributed by atoms with Crippen LogP contribution in [0.4, 0.5) is 0 Å². The van der Waals surface area contributed by atoms with Crippen molar-refractivity contribution in [2.75, 3.05) is 6.54 Å². The van der Waals surface area contributed by atoms with Gasteiger partial charge in [0, 0.05) is 6.54 Å². The first-order valence-corrected chi connectivity index (χ1v) is 4.21. The third-order valence-corrected chi connectivity index (χ3v) is 2.07. The molecule has 7 nitrogen and oxygen atoms in total. The van der Waals surface area contributed by atoms with Gasteiger partial charge < -0.3 is 20.7 Å². The van der Waals surface area contributed by atoms with E-state index >= 15 is 0 Å². The molecular weight excluding hydrogens is 188 g/mol. The lowest BCUT2D eigenvalue weighted by molar-refractivity contribution is 0.0987. The van der Waals surface area contributed by atoms with E-state index in [9.17, 15) is 9.90 Å². The molecule has 1 aliphatic rings. The van der Waals surface area contributed by atoms with E-state index in [-0.39, 0.29) is 17.8 Å². The van der Waals surface area contributed by atoms with Crippen molar-refractivity contribution in [1.82, 2.24) is 15.5 Å². The van der Waals surface area contributed by atoms with E-state index in [0.717, 1.165) is 0 Å². The van der Waals surface area contributed by atoms with Gasteiger partial charge in [-0.05, 0) is 6.42 Å². The van der Waals surface area contributed by atoms with E-state index in [4.69, 9.17) is 10.3 Å². The summed E-state index contributed by atoms with van der Waals surface area (Å²) in [6.45, 7) is 0.485. The van der Waals surface area contributed by atoms with Crippen LogP contribution in [0.15, 0.2) is 4.52 Å². The molecule has 1 aliphatic heterocycles. The van der Waals surface area contributed by atoms with Gasteiger partial charge in [0.1, 0.15) is 0 Å². The van der Waals surface area contributed by atoms with Crippen LogP contribution < -0.4 is 11.1 Å². The Balaban J connectivity index is 2.13. The SMILES string of the molecule is NC(=O)c1noc([C@H]2C[C@H](O)CN2)n1. The molecule has 1 fully saturated rings. The molecule has 0 unspecified atom stereocenters. The number of hydrogen-bond donors (Lipinski definition) is 3. The molecule has 4 N–H and O–H groups in total.